The summed E-state index contributed by atoms with van der Waals surface area (Å²) in [5.41, 5.74) is 6.74. The lowest BCUT2D eigenvalue weighted by atomic mass is 10.2. The Balaban J connectivity index is 1.82. The molecular weight excluding hydrogens is 313 g/mol. The van der Waals surface area contributed by atoms with Gasteiger partial charge in [-0.25, -0.2) is 4.98 Å². The van der Waals surface area contributed by atoms with Crippen LogP contribution >= 0.6 is 18.7 Å². The van der Waals surface area contributed by atoms with Gasteiger partial charge in [-0.1, -0.05) is 11.6 Å². The zero-order chi connectivity index (χ0) is 15.2. The van der Waals surface area contributed by atoms with Gasteiger partial charge in [0.1, 0.15) is 18.5 Å². The Labute approximate surface area is 127 Å². The van der Waals surface area contributed by atoms with Crippen molar-refractivity contribution in [1.82, 2.24) is 19.5 Å². The number of ether oxygens (including phenoxy) is 1. The van der Waals surface area contributed by atoms with E-state index in [1.54, 1.807) is 19.7 Å². The number of nitrogens with two attached hydrogens (primary N) is 1. The van der Waals surface area contributed by atoms with Crippen molar-refractivity contribution in [2.45, 2.75) is 31.3 Å². The molecule has 0 unspecified atom stereocenters. The van der Waals surface area contributed by atoms with Crippen molar-refractivity contribution in [3.63, 3.8) is 0 Å². The molecule has 2 aromatic rings. The molecule has 2 aromatic heterocycles. The van der Waals surface area contributed by atoms with Crippen molar-refractivity contribution in [3.8, 4) is 0 Å². The maximum Gasteiger partial charge on any atom is 0.223 e. The van der Waals surface area contributed by atoms with Crippen molar-refractivity contribution in [3.05, 3.63) is 11.5 Å². The van der Waals surface area contributed by atoms with Gasteiger partial charge in [-0.2, -0.15) is 9.97 Å². The van der Waals surface area contributed by atoms with E-state index in [9.17, 15) is 4.57 Å². The summed E-state index contributed by atoms with van der Waals surface area (Å²) in [6, 6.07) is 0. The van der Waals surface area contributed by atoms with Crippen LogP contribution in [0.2, 0.25) is 5.15 Å². The first-order chi connectivity index (χ1) is 9.84. The first-order valence-corrected chi connectivity index (χ1v) is 9.73. The highest BCUT2D eigenvalue weighted by atomic mass is 35.5. The van der Waals surface area contributed by atoms with Crippen molar-refractivity contribution in [1.29, 1.82) is 0 Å². The van der Waals surface area contributed by atoms with Crippen LogP contribution in [-0.2, 0) is 15.8 Å². The number of anilines is 1. The zero-order valence-corrected chi connectivity index (χ0v) is 13.5. The van der Waals surface area contributed by atoms with Crippen molar-refractivity contribution in [2.24, 2.45) is 0 Å². The lowest BCUT2D eigenvalue weighted by Crippen LogP contribution is -2.17. The second-order valence-corrected chi connectivity index (χ2v) is 9.47. The number of hydrogen-bond donors (Lipinski definition) is 1. The molecule has 1 saturated heterocycles. The lowest BCUT2D eigenvalue weighted by Gasteiger charge is -2.17. The Bertz CT molecular complexity index is 728. The number of hydrogen-bond acceptors (Lipinski definition) is 6. The Morgan fingerprint density at radius 1 is 1.48 bits per heavy atom. The van der Waals surface area contributed by atoms with E-state index in [0.717, 1.165) is 12.8 Å². The molecule has 1 aliphatic rings. The lowest BCUT2D eigenvalue weighted by molar-refractivity contribution is 0.0749. The number of nitrogens with zero attached hydrogens (tertiary/aromatic N) is 4. The van der Waals surface area contributed by atoms with Crippen molar-refractivity contribution in [2.75, 3.05) is 19.1 Å². The van der Waals surface area contributed by atoms with Crippen LogP contribution in [0.15, 0.2) is 6.33 Å². The maximum absolute atomic E-state index is 12.1. The first-order valence-electron chi connectivity index (χ1n) is 6.68. The third kappa shape index (κ3) is 2.91. The molecule has 0 amide bonds. The van der Waals surface area contributed by atoms with Gasteiger partial charge in [-0.3, -0.25) is 0 Å². The standard InChI is InChI=1S/C12H17ClN5O2P/c1-21(2,19)8-4-3-7(20-8)5-18-6-15-9-10(13)16-12(14)17-11(9)18/h6-8H,3-5H2,1-2H3,(H2,14,16,17)/t7-,8-/m0/s1. The summed E-state index contributed by atoms with van der Waals surface area (Å²) < 4.78 is 19.8. The highest BCUT2D eigenvalue weighted by Gasteiger charge is 2.33. The number of rotatable bonds is 3. The van der Waals surface area contributed by atoms with E-state index in [2.05, 4.69) is 15.0 Å². The van der Waals surface area contributed by atoms with E-state index in [-0.39, 0.29) is 23.1 Å². The summed E-state index contributed by atoms with van der Waals surface area (Å²) in [6.07, 6.45) is 3.33. The van der Waals surface area contributed by atoms with Crippen LogP contribution in [-0.4, -0.2) is 44.8 Å². The quantitative estimate of drug-likeness (QED) is 0.685. The van der Waals surface area contributed by atoms with Crippen LogP contribution < -0.4 is 5.73 Å². The normalized spacial score (nSPS) is 23.0. The summed E-state index contributed by atoms with van der Waals surface area (Å²) >= 11 is 6.00. The largest absolute Gasteiger partial charge is 0.368 e. The number of nitrogen functional groups attached to an aromatic ring is 1. The fourth-order valence-corrected chi connectivity index (χ4v) is 4.01. The number of fused-ring (bicyclic) bond motifs is 1. The monoisotopic (exact) mass is 329 g/mol. The van der Waals surface area contributed by atoms with Gasteiger partial charge in [0.05, 0.1) is 19.0 Å². The molecule has 3 rings (SSSR count). The predicted octanol–water partition coefficient (Wildman–Crippen LogP) is 2.19. The van der Waals surface area contributed by atoms with E-state index < -0.39 is 7.14 Å². The molecule has 9 heteroatoms. The summed E-state index contributed by atoms with van der Waals surface area (Å²) in [7, 11) is -2.22. The summed E-state index contributed by atoms with van der Waals surface area (Å²) in [6.45, 7) is 4.11. The van der Waals surface area contributed by atoms with Gasteiger partial charge >= 0.3 is 0 Å². The molecule has 0 aromatic carbocycles. The van der Waals surface area contributed by atoms with Crippen LogP contribution in [0.5, 0.6) is 0 Å². The third-order valence-corrected chi connectivity index (χ3v) is 5.65. The molecule has 1 fully saturated rings. The second-order valence-electron chi connectivity index (χ2n) is 5.67. The Kier molecular flexibility index (Phi) is 3.67. The van der Waals surface area contributed by atoms with E-state index in [0.29, 0.717) is 17.7 Å². The molecule has 2 atom stereocenters. The van der Waals surface area contributed by atoms with Crippen LogP contribution in [0.25, 0.3) is 11.2 Å². The summed E-state index contributed by atoms with van der Waals surface area (Å²) in [5, 5.41) is 0.244. The zero-order valence-electron chi connectivity index (χ0n) is 11.9. The predicted molar refractivity (Wildman–Crippen MR) is 82.1 cm³/mol. The minimum atomic E-state index is -2.22. The van der Waals surface area contributed by atoms with Gasteiger partial charge in [-0.15, -0.1) is 0 Å². The average Bonchev–Trinajstić information content (AvgIpc) is 2.97. The molecule has 114 valence electrons. The van der Waals surface area contributed by atoms with Gasteiger partial charge in [0, 0.05) is 0 Å². The first kappa shape index (κ1) is 14.8. The molecular formula is C12H17ClN5O2P. The SMILES string of the molecule is CP(C)(=O)[C@H]1CC[C@@H](Cn2cnc3c(Cl)nc(N)nc32)O1. The topological polar surface area (TPSA) is 95.9 Å². The van der Waals surface area contributed by atoms with Gasteiger partial charge in [0.15, 0.2) is 10.8 Å². The molecule has 7 nitrogen and oxygen atoms in total. The van der Waals surface area contributed by atoms with Crippen molar-refractivity contribution < 1.29 is 9.30 Å². The van der Waals surface area contributed by atoms with Crippen LogP contribution in [0.4, 0.5) is 5.95 Å². The fraction of sp³-hybridized carbons (Fsp3) is 0.583. The van der Waals surface area contributed by atoms with Gasteiger partial charge < -0.3 is 19.6 Å². The third-order valence-electron chi connectivity index (χ3n) is 3.62. The van der Waals surface area contributed by atoms with E-state index in [1.807, 2.05) is 4.57 Å². The van der Waals surface area contributed by atoms with Gasteiger partial charge in [0.25, 0.3) is 0 Å². The fourth-order valence-electron chi connectivity index (χ4n) is 2.56. The molecule has 0 radical (unpaired) electrons. The summed E-state index contributed by atoms with van der Waals surface area (Å²) in [5.74, 6) is -0.0355. The molecule has 3 heterocycles. The maximum atomic E-state index is 12.1. The molecule has 0 saturated carbocycles. The number of halogens is 1. The van der Waals surface area contributed by atoms with Gasteiger partial charge in [0.2, 0.25) is 5.95 Å². The molecule has 0 bridgehead atoms. The summed E-state index contributed by atoms with van der Waals surface area (Å²) in [4.78, 5) is 12.3. The Hall–Kier alpha value is -1.17. The second kappa shape index (κ2) is 5.23. The van der Waals surface area contributed by atoms with Crippen molar-refractivity contribution >= 4 is 35.9 Å². The van der Waals surface area contributed by atoms with E-state index in [1.165, 1.54) is 0 Å². The number of imidazole rings is 1. The van der Waals surface area contributed by atoms with Crippen LogP contribution in [0.1, 0.15) is 12.8 Å². The van der Waals surface area contributed by atoms with E-state index >= 15 is 0 Å². The minimum Gasteiger partial charge on any atom is -0.368 e. The smallest absolute Gasteiger partial charge is 0.223 e. The Morgan fingerprint density at radius 3 is 2.90 bits per heavy atom. The van der Waals surface area contributed by atoms with Crippen LogP contribution in [0.3, 0.4) is 0 Å². The molecule has 0 spiro atoms. The van der Waals surface area contributed by atoms with Crippen LogP contribution in [0, 0.1) is 0 Å². The number of aromatic nitrogens is 4. The molecule has 21 heavy (non-hydrogen) atoms. The highest BCUT2D eigenvalue weighted by Crippen LogP contribution is 2.49. The molecule has 1 aliphatic heterocycles. The minimum absolute atomic E-state index is 0.00408. The van der Waals surface area contributed by atoms with Gasteiger partial charge in [-0.05, 0) is 26.2 Å². The molecule has 2 N–H and O–H groups in total. The van der Waals surface area contributed by atoms with E-state index in [4.69, 9.17) is 22.1 Å². The molecule has 0 aliphatic carbocycles. The highest BCUT2D eigenvalue weighted by molar-refractivity contribution is 7.62. The Morgan fingerprint density at radius 2 is 2.24 bits per heavy atom. The average molecular weight is 330 g/mol.